The van der Waals surface area contributed by atoms with Crippen LogP contribution in [0.5, 0.6) is 0 Å². The highest BCUT2D eigenvalue weighted by Gasteiger charge is 2.22. The normalized spacial score (nSPS) is 11.1. The molecule has 0 saturated carbocycles. The van der Waals surface area contributed by atoms with Crippen LogP contribution in [0, 0.1) is 0 Å². The summed E-state index contributed by atoms with van der Waals surface area (Å²) in [5.74, 6) is 0. The van der Waals surface area contributed by atoms with Gasteiger partial charge in [0.25, 0.3) is 10.0 Å². The Morgan fingerprint density at radius 1 is 1.33 bits per heavy atom. The second-order valence-electron chi connectivity index (χ2n) is 3.92. The maximum absolute atomic E-state index is 12.5. The van der Waals surface area contributed by atoms with Crippen LogP contribution in [0.3, 0.4) is 0 Å². The van der Waals surface area contributed by atoms with Gasteiger partial charge in [0.15, 0.2) is 0 Å². The third-order valence-corrected chi connectivity index (χ3v) is 5.48. The molecule has 1 aromatic carbocycles. The van der Waals surface area contributed by atoms with Gasteiger partial charge >= 0.3 is 0 Å². The minimum absolute atomic E-state index is 0.0400. The van der Waals surface area contributed by atoms with Crippen LogP contribution < -0.4 is 10.5 Å². The number of pyridine rings is 1. The van der Waals surface area contributed by atoms with Gasteiger partial charge in [-0.1, -0.05) is 29.9 Å². The summed E-state index contributed by atoms with van der Waals surface area (Å²) in [6.07, 6.45) is 1.42. The number of nitrogens with one attached hydrogen (secondary N) is 1. The Hall–Kier alpha value is -1.22. The molecular formula is C12H9BrClN3O2S2. The van der Waals surface area contributed by atoms with Crippen LogP contribution in [0.1, 0.15) is 5.69 Å². The molecule has 0 amide bonds. The zero-order valence-corrected chi connectivity index (χ0v) is 14.4. The second kappa shape index (κ2) is 6.27. The smallest absolute Gasteiger partial charge is 0.264 e. The number of hydrogen-bond donors (Lipinski definition) is 2. The molecule has 2 rings (SSSR count). The predicted octanol–water partition coefficient (Wildman–Crippen LogP) is 2.93. The van der Waals surface area contributed by atoms with Crippen LogP contribution >= 0.6 is 39.7 Å². The number of nitrogens with zero attached hydrogens (tertiary/aromatic N) is 1. The van der Waals surface area contributed by atoms with Crippen LogP contribution in [-0.4, -0.2) is 18.4 Å². The average molecular weight is 407 g/mol. The molecule has 0 unspecified atom stereocenters. The fourth-order valence-electron chi connectivity index (χ4n) is 1.57. The molecule has 21 heavy (non-hydrogen) atoms. The molecule has 0 aliphatic carbocycles. The number of benzene rings is 1. The van der Waals surface area contributed by atoms with Gasteiger partial charge in [0, 0.05) is 6.20 Å². The Morgan fingerprint density at radius 3 is 2.71 bits per heavy atom. The van der Waals surface area contributed by atoms with Gasteiger partial charge in [-0.15, -0.1) is 0 Å². The summed E-state index contributed by atoms with van der Waals surface area (Å²) in [4.78, 5) is 3.71. The number of thiocarbonyl (C=S) groups is 1. The van der Waals surface area contributed by atoms with Gasteiger partial charge in [0.1, 0.15) is 15.6 Å². The Bertz CT molecular complexity index is 812. The van der Waals surface area contributed by atoms with Gasteiger partial charge in [0.05, 0.1) is 15.2 Å². The number of nitrogens with two attached hydrogens (primary N) is 1. The zero-order valence-electron chi connectivity index (χ0n) is 10.4. The lowest BCUT2D eigenvalue weighted by Gasteiger charge is -2.12. The Morgan fingerprint density at radius 2 is 2.05 bits per heavy atom. The monoisotopic (exact) mass is 405 g/mol. The van der Waals surface area contributed by atoms with Crippen LogP contribution in [0.4, 0.5) is 5.69 Å². The van der Waals surface area contributed by atoms with Crippen molar-refractivity contribution >= 4 is 60.4 Å². The largest absolute Gasteiger partial charge is 0.388 e. The van der Waals surface area contributed by atoms with Gasteiger partial charge in [-0.2, -0.15) is 0 Å². The van der Waals surface area contributed by atoms with E-state index in [1.54, 1.807) is 18.2 Å². The zero-order chi connectivity index (χ0) is 15.6. The van der Waals surface area contributed by atoms with Crippen LogP contribution in [-0.2, 0) is 10.0 Å². The topological polar surface area (TPSA) is 85.1 Å². The maximum Gasteiger partial charge on any atom is 0.264 e. The SMILES string of the molecule is NC(=S)c1ncccc1S(=O)(=O)Nc1cccc(Cl)c1Br. The molecule has 0 radical (unpaired) electrons. The lowest BCUT2D eigenvalue weighted by Crippen LogP contribution is -2.21. The molecule has 0 bridgehead atoms. The second-order valence-corrected chi connectivity index (χ2v) is 7.21. The molecule has 2 aromatic rings. The minimum Gasteiger partial charge on any atom is -0.388 e. The Balaban J connectivity index is 2.49. The van der Waals surface area contributed by atoms with Crippen molar-refractivity contribution in [2.75, 3.05) is 4.72 Å². The van der Waals surface area contributed by atoms with Crippen molar-refractivity contribution in [1.29, 1.82) is 0 Å². The molecule has 0 saturated heterocycles. The summed E-state index contributed by atoms with van der Waals surface area (Å²) >= 11 is 14.0. The van der Waals surface area contributed by atoms with Crippen LogP contribution in [0.25, 0.3) is 0 Å². The number of hydrogen-bond acceptors (Lipinski definition) is 4. The quantitative estimate of drug-likeness (QED) is 0.763. The van der Waals surface area contributed by atoms with Crippen LogP contribution in [0.2, 0.25) is 5.02 Å². The van der Waals surface area contributed by atoms with Crippen molar-refractivity contribution in [3.05, 3.63) is 51.7 Å². The third-order valence-electron chi connectivity index (χ3n) is 2.49. The molecule has 110 valence electrons. The summed E-state index contributed by atoms with van der Waals surface area (Å²) in [5.41, 5.74) is 5.85. The number of halogens is 2. The lowest BCUT2D eigenvalue weighted by atomic mass is 10.3. The fourth-order valence-corrected chi connectivity index (χ4v) is 3.72. The summed E-state index contributed by atoms with van der Waals surface area (Å²) in [6.45, 7) is 0. The van der Waals surface area contributed by atoms with Gasteiger partial charge in [0.2, 0.25) is 0 Å². The molecule has 9 heteroatoms. The van der Waals surface area contributed by atoms with E-state index in [9.17, 15) is 8.42 Å². The van der Waals surface area contributed by atoms with Crippen molar-refractivity contribution in [3.8, 4) is 0 Å². The van der Waals surface area contributed by atoms with Crippen LogP contribution in [0.15, 0.2) is 45.9 Å². The number of sulfonamides is 1. The molecule has 3 N–H and O–H groups in total. The van der Waals surface area contributed by atoms with E-state index in [0.29, 0.717) is 15.2 Å². The number of aromatic nitrogens is 1. The molecule has 1 heterocycles. The minimum atomic E-state index is -3.90. The predicted molar refractivity (Wildman–Crippen MR) is 90.1 cm³/mol. The van der Waals surface area contributed by atoms with Crippen molar-refractivity contribution in [2.24, 2.45) is 5.73 Å². The van der Waals surface area contributed by atoms with E-state index in [4.69, 9.17) is 29.6 Å². The van der Waals surface area contributed by atoms with E-state index >= 15 is 0 Å². The first kappa shape index (κ1) is 16.2. The van der Waals surface area contributed by atoms with E-state index < -0.39 is 10.0 Å². The van der Waals surface area contributed by atoms with E-state index in [2.05, 4.69) is 25.6 Å². The van der Waals surface area contributed by atoms with Crippen molar-refractivity contribution < 1.29 is 8.42 Å². The highest BCUT2D eigenvalue weighted by atomic mass is 79.9. The molecule has 0 spiro atoms. The van der Waals surface area contributed by atoms with E-state index in [1.165, 1.54) is 18.3 Å². The fraction of sp³-hybridized carbons (Fsp3) is 0. The first-order valence-corrected chi connectivity index (χ1v) is 8.61. The standard InChI is InChI=1S/C12H9BrClN3O2S2/c13-10-7(14)3-1-4-8(10)17-21(18,19)9-5-2-6-16-11(9)12(15)20/h1-6,17H,(H2,15,20). The molecule has 5 nitrogen and oxygen atoms in total. The van der Waals surface area contributed by atoms with Gasteiger partial charge in [-0.25, -0.2) is 8.42 Å². The molecule has 1 aromatic heterocycles. The van der Waals surface area contributed by atoms with Crippen molar-refractivity contribution in [2.45, 2.75) is 4.90 Å². The van der Waals surface area contributed by atoms with Gasteiger partial charge < -0.3 is 5.73 Å². The first-order chi connectivity index (χ1) is 9.83. The average Bonchev–Trinajstić information content (AvgIpc) is 2.44. The molecule has 0 aliphatic heterocycles. The maximum atomic E-state index is 12.5. The Labute approximate surface area is 140 Å². The summed E-state index contributed by atoms with van der Waals surface area (Å²) < 4.78 is 27.8. The van der Waals surface area contributed by atoms with Gasteiger partial charge in [-0.3, -0.25) is 9.71 Å². The summed E-state index contributed by atoms with van der Waals surface area (Å²) in [5, 5.41) is 0.385. The van der Waals surface area contributed by atoms with E-state index in [1.807, 2.05) is 0 Å². The molecule has 0 fully saturated rings. The van der Waals surface area contributed by atoms with Crippen molar-refractivity contribution in [1.82, 2.24) is 4.98 Å². The Kier molecular flexibility index (Phi) is 4.82. The highest BCUT2D eigenvalue weighted by Crippen LogP contribution is 2.31. The molecular weight excluding hydrogens is 398 g/mol. The van der Waals surface area contributed by atoms with Gasteiger partial charge in [-0.05, 0) is 40.2 Å². The third kappa shape index (κ3) is 3.52. The molecule has 0 atom stereocenters. The number of anilines is 1. The number of rotatable bonds is 4. The lowest BCUT2D eigenvalue weighted by molar-refractivity contribution is 0.600. The van der Waals surface area contributed by atoms with Crippen molar-refractivity contribution in [3.63, 3.8) is 0 Å². The van der Waals surface area contributed by atoms with E-state index in [-0.39, 0.29) is 15.6 Å². The highest BCUT2D eigenvalue weighted by molar-refractivity contribution is 9.10. The molecule has 0 aliphatic rings. The summed E-state index contributed by atoms with van der Waals surface area (Å²) in [7, 11) is -3.90. The summed E-state index contributed by atoms with van der Waals surface area (Å²) in [6, 6.07) is 7.70. The first-order valence-electron chi connectivity index (χ1n) is 5.54. The van der Waals surface area contributed by atoms with E-state index in [0.717, 1.165) is 0 Å².